The SMILES string of the molecule is NCC1(C(O)c2ccc(F)c(Cl)c2)CCC1. The van der Waals surface area contributed by atoms with Crippen molar-refractivity contribution in [2.75, 3.05) is 6.54 Å². The Labute approximate surface area is 99.2 Å². The zero-order valence-electron chi connectivity index (χ0n) is 8.92. The van der Waals surface area contributed by atoms with E-state index in [1.807, 2.05) is 0 Å². The summed E-state index contributed by atoms with van der Waals surface area (Å²) in [5.74, 6) is -0.465. The molecular weight excluding hydrogens is 229 g/mol. The van der Waals surface area contributed by atoms with Gasteiger partial charge in [-0.25, -0.2) is 4.39 Å². The highest BCUT2D eigenvalue weighted by atomic mass is 35.5. The van der Waals surface area contributed by atoms with Crippen LogP contribution in [0.25, 0.3) is 0 Å². The molecule has 1 aliphatic rings. The van der Waals surface area contributed by atoms with Crippen molar-refractivity contribution in [3.8, 4) is 0 Å². The molecule has 1 aromatic carbocycles. The zero-order valence-corrected chi connectivity index (χ0v) is 9.67. The van der Waals surface area contributed by atoms with Crippen molar-refractivity contribution >= 4 is 11.6 Å². The normalized spacial score (nSPS) is 20.2. The maximum Gasteiger partial charge on any atom is 0.141 e. The third-order valence-electron chi connectivity index (χ3n) is 3.60. The van der Waals surface area contributed by atoms with Crippen LogP contribution in [0.2, 0.25) is 5.02 Å². The van der Waals surface area contributed by atoms with Gasteiger partial charge < -0.3 is 10.8 Å². The van der Waals surface area contributed by atoms with E-state index in [-0.39, 0.29) is 10.4 Å². The van der Waals surface area contributed by atoms with Crippen LogP contribution in [0.1, 0.15) is 30.9 Å². The Morgan fingerprint density at radius 3 is 2.62 bits per heavy atom. The minimum Gasteiger partial charge on any atom is -0.388 e. The van der Waals surface area contributed by atoms with Crippen molar-refractivity contribution in [2.24, 2.45) is 11.1 Å². The summed E-state index contributed by atoms with van der Waals surface area (Å²) in [7, 11) is 0. The molecule has 16 heavy (non-hydrogen) atoms. The van der Waals surface area contributed by atoms with Gasteiger partial charge in [0.05, 0.1) is 11.1 Å². The molecule has 0 bridgehead atoms. The van der Waals surface area contributed by atoms with Crippen LogP contribution in [0.5, 0.6) is 0 Å². The molecule has 1 atom stereocenters. The third kappa shape index (κ3) is 1.83. The van der Waals surface area contributed by atoms with E-state index < -0.39 is 11.9 Å². The lowest BCUT2D eigenvalue weighted by molar-refractivity contribution is -0.0297. The topological polar surface area (TPSA) is 46.2 Å². The van der Waals surface area contributed by atoms with Gasteiger partial charge in [-0.05, 0) is 30.5 Å². The van der Waals surface area contributed by atoms with E-state index in [1.54, 1.807) is 6.07 Å². The van der Waals surface area contributed by atoms with Crippen molar-refractivity contribution in [3.63, 3.8) is 0 Å². The van der Waals surface area contributed by atoms with Gasteiger partial charge >= 0.3 is 0 Å². The molecule has 4 heteroatoms. The summed E-state index contributed by atoms with van der Waals surface area (Å²) >= 11 is 5.70. The van der Waals surface area contributed by atoms with Crippen LogP contribution < -0.4 is 5.73 Å². The standard InChI is InChI=1S/C12H15ClFNO/c13-9-6-8(2-3-10(9)14)11(16)12(7-15)4-1-5-12/h2-3,6,11,16H,1,4-5,7,15H2. The Bertz CT molecular complexity index is 387. The summed E-state index contributed by atoms with van der Waals surface area (Å²) in [5.41, 5.74) is 6.12. The molecule has 1 aliphatic carbocycles. The number of hydrogen-bond acceptors (Lipinski definition) is 2. The van der Waals surface area contributed by atoms with E-state index in [2.05, 4.69) is 0 Å². The second-order valence-electron chi connectivity index (χ2n) is 4.50. The molecule has 3 N–H and O–H groups in total. The van der Waals surface area contributed by atoms with Crippen LogP contribution >= 0.6 is 11.6 Å². The quantitative estimate of drug-likeness (QED) is 0.857. The molecule has 0 aromatic heterocycles. The molecule has 2 rings (SSSR count). The molecule has 1 saturated carbocycles. The molecule has 1 unspecified atom stereocenters. The average molecular weight is 244 g/mol. The van der Waals surface area contributed by atoms with Crippen LogP contribution in [0.4, 0.5) is 4.39 Å². The van der Waals surface area contributed by atoms with E-state index in [0.717, 1.165) is 19.3 Å². The largest absolute Gasteiger partial charge is 0.388 e. The maximum atomic E-state index is 13.0. The van der Waals surface area contributed by atoms with Gasteiger partial charge in [-0.15, -0.1) is 0 Å². The van der Waals surface area contributed by atoms with Crippen LogP contribution in [-0.2, 0) is 0 Å². The van der Waals surface area contributed by atoms with Crippen LogP contribution in [0, 0.1) is 11.2 Å². The number of nitrogens with two attached hydrogens (primary N) is 1. The molecular formula is C12H15ClFNO. The molecule has 0 spiro atoms. The Hall–Kier alpha value is -0.640. The lowest BCUT2D eigenvalue weighted by atomic mass is 9.63. The van der Waals surface area contributed by atoms with E-state index in [9.17, 15) is 9.50 Å². The molecule has 88 valence electrons. The fraction of sp³-hybridized carbons (Fsp3) is 0.500. The first-order valence-electron chi connectivity index (χ1n) is 5.42. The highest BCUT2D eigenvalue weighted by Crippen LogP contribution is 2.49. The first kappa shape index (κ1) is 11.8. The number of aliphatic hydroxyl groups is 1. The van der Waals surface area contributed by atoms with Crippen molar-refractivity contribution in [3.05, 3.63) is 34.6 Å². The maximum absolute atomic E-state index is 13.0. The Balaban J connectivity index is 2.26. The molecule has 0 radical (unpaired) electrons. The summed E-state index contributed by atoms with van der Waals surface area (Å²) in [6, 6.07) is 4.34. The number of rotatable bonds is 3. The first-order chi connectivity index (χ1) is 7.59. The molecule has 0 heterocycles. The molecule has 0 amide bonds. The lowest BCUT2D eigenvalue weighted by Crippen LogP contribution is -2.42. The van der Waals surface area contributed by atoms with Crippen LogP contribution in [-0.4, -0.2) is 11.7 Å². The predicted octanol–water partition coefficient (Wildman–Crippen LogP) is 2.64. The van der Waals surface area contributed by atoms with Gasteiger partial charge in [-0.3, -0.25) is 0 Å². The summed E-state index contributed by atoms with van der Waals surface area (Å²) < 4.78 is 13.0. The number of benzene rings is 1. The van der Waals surface area contributed by atoms with Gasteiger partial charge in [0.15, 0.2) is 0 Å². The summed E-state index contributed by atoms with van der Waals surface area (Å²) in [6.07, 6.45) is 2.27. The Morgan fingerprint density at radius 2 is 2.19 bits per heavy atom. The van der Waals surface area contributed by atoms with Crippen molar-refractivity contribution in [1.82, 2.24) is 0 Å². The fourth-order valence-electron chi connectivity index (χ4n) is 2.26. The summed E-state index contributed by atoms with van der Waals surface area (Å²) in [6.45, 7) is 0.448. The van der Waals surface area contributed by atoms with Crippen molar-refractivity contribution in [1.29, 1.82) is 0 Å². The van der Waals surface area contributed by atoms with Gasteiger partial charge in [-0.2, -0.15) is 0 Å². The minimum absolute atomic E-state index is 0.0445. The summed E-state index contributed by atoms with van der Waals surface area (Å²) in [5, 5.41) is 10.3. The third-order valence-corrected chi connectivity index (χ3v) is 3.88. The smallest absolute Gasteiger partial charge is 0.141 e. The van der Waals surface area contributed by atoms with Gasteiger partial charge in [0, 0.05) is 12.0 Å². The van der Waals surface area contributed by atoms with E-state index in [0.29, 0.717) is 12.1 Å². The zero-order chi connectivity index (χ0) is 11.8. The van der Waals surface area contributed by atoms with E-state index >= 15 is 0 Å². The molecule has 0 saturated heterocycles. The monoisotopic (exact) mass is 243 g/mol. The molecule has 0 aliphatic heterocycles. The molecule has 1 aromatic rings. The van der Waals surface area contributed by atoms with Crippen molar-refractivity contribution < 1.29 is 9.50 Å². The second kappa shape index (κ2) is 4.32. The summed E-state index contributed by atoms with van der Waals surface area (Å²) in [4.78, 5) is 0. The lowest BCUT2D eigenvalue weighted by Gasteiger charge is -2.44. The molecule has 1 fully saturated rings. The fourth-order valence-corrected chi connectivity index (χ4v) is 2.45. The predicted molar refractivity (Wildman–Crippen MR) is 61.7 cm³/mol. The Kier molecular flexibility index (Phi) is 3.19. The van der Waals surface area contributed by atoms with Gasteiger partial charge in [0.2, 0.25) is 0 Å². The van der Waals surface area contributed by atoms with Gasteiger partial charge in [-0.1, -0.05) is 24.1 Å². The number of halogens is 2. The number of hydrogen-bond donors (Lipinski definition) is 2. The van der Waals surface area contributed by atoms with E-state index in [4.69, 9.17) is 17.3 Å². The Morgan fingerprint density at radius 1 is 1.50 bits per heavy atom. The van der Waals surface area contributed by atoms with Crippen molar-refractivity contribution in [2.45, 2.75) is 25.4 Å². The highest BCUT2D eigenvalue weighted by Gasteiger charge is 2.42. The highest BCUT2D eigenvalue weighted by molar-refractivity contribution is 6.30. The second-order valence-corrected chi connectivity index (χ2v) is 4.90. The average Bonchev–Trinajstić information content (AvgIpc) is 2.21. The first-order valence-corrected chi connectivity index (χ1v) is 5.80. The van der Waals surface area contributed by atoms with Crippen LogP contribution in [0.3, 0.4) is 0 Å². The molecule has 2 nitrogen and oxygen atoms in total. The number of aliphatic hydroxyl groups excluding tert-OH is 1. The minimum atomic E-state index is -0.649. The van der Waals surface area contributed by atoms with E-state index in [1.165, 1.54) is 12.1 Å². The van der Waals surface area contributed by atoms with Gasteiger partial charge in [0.25, 0.3) is 0 Å². The van der Waals surface area contributed by atoms with Crippen LogP contribution in [0.15, 0.2) is 18.2 Å². The van der Waals surface area contributed by atoms with Gasteiger partial charge in [0.1, 0.15) is 5.82 Å².